The summed E-state index contributed by atoms with van der Waals surface area (Å²) >= 11 is 5.85. The third kappa shape index (κ3) is 4.91. The molecular weight excluding hydrogens is 411 g/mol. The number of pyridine rings is 1. The fourth-order valence-electron chi connectivity index (χ4n) is 2.70. The minimum absolute atomic E-state index is 0.0284. The van der Waals surface area contributed by atoms with Gasteiger partial charge in [-0.15, -0.1) is 10.2 Å². The van der Waals surface area contributed by atoms with Gasteiger partial charge in [-0.2, -0.15) is 13.2 Å². The highest BCUT2D eigenvalue weighted by atomic mass is 35.5. The Bertz CT molecular complexity index is 988. The van der Waals surface area contributed by atoms with Crippen molar-refractivity contribution in [1.29, 1.82) is 0 Å². The second-order valence-corrected chi connectivity index (χ2v) is 7.34. The maximum absolute atomic E-state index is 13.7. The molecule has 29 heavy (non-hydrogen) atoms. The molecule has 0 fully saturated rings. The molecule has 0 aliphatic carbocycles. The van der Waals surface area contributed by atoms with Crippen molar-refractivity contribution in [2.45, 2.75) is 32.2 Å². The van der Waals surface area contributed by atoms with Crippen LogP contribution in [0.5, 0.6) is 11.5 Å². The highest BCUT2D eigenvalue weighted by molar-refractivity contribution is 6.30. The van der Waals surface area contributed by atoms with E-state index in [9.17, 15) is 13.2 Å². The maximum atomic E-state index is 13.7. The predicted octanol–water partition coefficient (Wildman–Crippen LogP) is 4.78. The van der Waals surface area contributed by atoms with Gasteiger partial charge in [0.25, 0.3) is 0 Å². The molecule has 0 saturated carbocycles. The van der Waals surface area contributed by atoms with Crippen LogP contribution >= 0.6 is 11.6 Å². The monoisotopic (exact) mass is 429 g/mol. The first-order valence-electron chi connectivity index (χ1n) is 8.61. The zero-order valence-corrected chi connectivity index (χ0v) is 16.7. The normalized spacial score (nSPS) is 12.4. The van der Waals surface area contributed by atoms with Crippen molar-refractivity contribution in [3.05, 3.63) is 52.9 Å². The van der Waals surface area contributed by atoms with Gasteiger partial charge in [-0.25, -0.2) is 0 Å². The van der Waals surface area contributed by atoms with Crippen molar-refractivity contribution >= 4 is 17.2 Å². The second-order valence-electron chi connectivity index (χ2n) is 6.90. The lowest BCUT2D eigenvalue weighted by atomic mass is 10.1. The topological polar surface area (TPSA) is 57.9 Å². The lowest BCUT2D eigenvalue weighted by Crippen LogP contribution is -2.35. The number of fused-ring (bicyclic) bond motifs is 1. The number of aromatic nitrogens is 3. The molecule has 0 atom stereocenters. The zero-order chi connectivity index (χ0) is 21.2. The Morgan fingerprint density at radius 2 is 1.76 bits per heavy atom. The molecule has 156 valence electrons. The van der Waals surface area contributed by atoms with Crippen molar-refractivity contribution in [2.24, 2.45) is 0 Å². The summed E-state index contributed by atoms with van der Waals surface area (Å²) in [5.41, 5.74) is -2.26. The van der Waals surface area contributed by atoms with Gasteiger partial charge >= 0.3 is 6.18 Å². The summed E-state index contributed by atoms with van der Waals surface area (Å²) in [5.74, 6) is 0.427. The predicted molar refractivity (Wildman–Crippen MR) is 100 cm³/mol. The van der Waals surface area contributed by atoms with Crippen LogP contribution in [-0.4, -0.2) is 33.9 Å². The van der Waals surface area contributed by atoms with E-state index in [0.29, 0.717) is 10.8 Å². The summed E-state index contributed by atoms with van der Waals surface area (Å²) in [6.07, 6.45) is -3.27. The highest BCUT2D eigenvalue weighted by Gasteiger charge is 2.39. The minimum atomic E-state index is -4.68. The first kappa shape index (κ1) is 21.2. The molecule has 0 saturated heterocycles. The number of benzene rings is 1. The Balaban J connectivity index is 1.86. The van der Waals surface area contributed by atoms with Gasteiger partial charge in [-0.05, 0) is 44.2 Å². The summed E-state index contributed by atoms with van der Waals surface area (Å²) in [7, 11) is 1.42. The van der Waals surface area contributed by atoms with Gasteiger partial charge in [-0.1, -0.05) is 11.6 Å². The molecule has 10 heteroatoms. The number of hydrogen-bond acceptors (Lipinski definition) is 5. The first-order chi connectivity index (χ1) is 13.6. The van der Waals surface area contributed by atoms with Crippen LogP contribution in [0.1, 0.15) is 25.2 Å². The van der Waals surface area contributed by atoms with Gasteiger partial charge in [0.15, 0.2) is 11.5 Å². The average molecular weight is 430 g/mol. The van der Waals surface area contributed by atoms with Crippen LogP contribution in [0.2, 0.25) is 5.02 Å². The lowest BCUT2D eigenvalue weighted by molar-refractivity contribution is -0.138. The fourth-order valence-corrected chi connectivity index (χ4v) is 2.83. The quantitative estimate of drug-likeness (QED) is 0.540. The Morgan fingerprint density at radius 3 is 2.38 bits per heavy atom. The number of alkyl halides is 3. The molecule has 0 amide bonds. The SMILES string of the molecule is COCc1nnc2c(C(F)(F)F)c(OCC(C)(C)Oc3ccc(Cl)cc3)ccn12. The van der Waals surface area contributed by atoms with Crippen LogP contribution in [0.15, 0.2) is 36.5 Å². The molecule has 0 bridgehead atoms. The summed E-state index contributed by atoms with van der Waals surface area (Å²) in [5, 5.41) is 7.99. The molecule has 0 N–H and O–H groups in total. The van der Waals surface area contributed by atoms with E-state index in [1.54, 1.807) is 38.1 Å². The number of rotatable bonds is 7. The van der Waals surface area contributed by atoms with Gasteiger partial charge in [-0.3, -0.25) is 4.40 Å². The van der Waals surface area contributed by atoms with E-state index in [0.717, 1.165) is 0 Å². The maximum Gasteiger partial charge on any atom is 0.423 e. The number of halogens is 4. The molecule has 6 nitrogen and oxygen atoms in total. The Morgan fingerprint density at radius 1 is 1.07 bits per heavy atom. The van der Waals surface area contributed by atoms with Gasteiger partial charge in [0.2, 0.25) is 0 Å². The van der Waals surface area contributed by atoms with Crippen LogP contribution in [0.4, 0.5) is 13.2 Å². The van der Waals surface area contributed by atoms with Gasteiger partial charge in [0, 0.05) is 18.3 Å². The molecule has 0 unspecified atom stereocenters. The van der Waals surface area contributed by atoms with Gasteiger partial charge in [0.05, 0.1) is 0 Å². The minimum Gasteiger partial charge on any atom is -0.489 e. The highest BCUT2D eigenvalue weighted by Crippen LogP contribution is 2.39. The van der Waals surface area contributed by atoms with Crippen LogP contribution in [0.25, 0.3) is 5.65 Å². The van der Waals surface area contributed by atoms with Crippen molar-refractivity contribution < 1.29 is 27.4 Å². The Hall–Kier alpha value is -2.52. The third-order valence-electron chi connectivity index (χ3n) is 3.95. The van der Waals surface area contributed by atoms with E-state index in [-0.39, 0.29) is 30.4 Å². The van der Waals surface area contributed by atoms with Crippen LogP contribution in [0, 0.1) is 0 Å². The standard InChI is InChI=1S/C19H19ClF3N3O3/c1-18(2,29-13-6-4-12(20)5-7-13)11-28-14-8-9-26-15(10-27-3)24-25-17(26)16(14)19(21,22)23/h4-9H,10-11H2,1-3H3. The van der Waals surface area contributed by atoms with Crippen LogP contribution in [0.3, 0.4) is 0 Å². The molecule has 3 rings (SSSR count). The van der Waals surface area contributed by atoms with Crippen molar-refractivity contribution in [1.82, 2.24) is 14.6 Å². The number of ether oxygens (including phenoxy) is 3. The number of hydrogen-bond donors (Lipinski definition) is 0. The van der Waals surface area contributed by atoms with E-state index in [4.69, 9.17) is 25.8 Å². The first-order valence-corrected chi connectivity index (χ1v) is 8.98. The van der Waals surface area contributed by atoms with Gasteiger partial charge in [0.1, 0.15) is 35.9 Å². The summed E-state index contributed by atoms with van der Waals surface area (Å²) < 4.78 is 58.7. The molecule has 0 radical (unpaired) electrons. The molecule has 3 aromatic rings. The molecule has 0 aliphatic heterocycles. The fraction of sp³-hybridized carbons (Fsp3) is 0.368. The molecule has 2 heterocycles. The van der Waals surface area contributed by atoms with E-state index in [1.807, 2.05) is 0 Å². The van der Waals surface area contributed by atoms with Gasteiger partial charge < -0.3 is 14.2 Å². The van der Waals surface area contributed by atoms with E-state index >= 15 is 0 Å². The second kappa shape index (κ2) is 8.08. The van der Waals surface area contributed by atoms with Crippen molar-refractivity contribution in [3.63, 3.8) is 0 Å². The number of methoxy groups -OCH3 is 1. The summed E-state index contributed by atoms with van der Waals surface area (Å²) in [6.45, 7) is 3.32. The van der Waals surface area contributed by atoms with Crippen LogP contribution < -0.4 is 9.47 Å². The molecule has 2 aromatic heterocycles. The Kier molecular flexibility index (Phi) is 5.90. The number of nitrogens with zero attached hydrogens (tertiary/aromatic N) is 3. The molecular formula is C19H19ClF3N3O3. The lowest BCUT2D eigenvalue weighted by Gasteiger charge is -2.27. The van der Waals surface area contributed by atoms with Crippen LogP contribution in [-0.2, 0) is 17.5 Å². The molecule has 0 spiro atoms. The summed E-state index contributed by atoms with van der Waals surface area (Å²) in [4.78, 5) is 0. The Labute approximate surface area is 170 Å². The molecule has 0 aliphatic rings. The van der Waals surface area contributed by atoms with Crippen molar-refractivity contribution in [2.75, 3.05) is 13.7 Å². The zero-order valence-electron chi connectivity index (χ0n) is 16.0. The van der Waals surface area contributed by atoms with E-state index in [1.165, 1.54) is 23.8 Å². The smallest absolute Gasteiger partial charge is 0.423 e. The van der Waals surface area contributed by atoms with E-state index in [2.05, 4.69) is 10.2 Å². The summed E-state index contributed by atoms with van der Waals surface area (Å²) in [6, 6.07) is 7.89. The van der Waals surface area contributed by atoms with Crippen molar-refractivity contribution in [3.8, 4) is 11.5 Å². The molecule has 1 aromatic carbocycles. The largest absolute Gasteiger partial charge is 0.489 e. The van der Waals surface area contributed by atoms with E-state index < -0.39 is 17.3 Å². The third-order valence-corrected chi connectivity index (χ3v) is 4.20. The average Bonchev–Trinajstić information content (AvgIpc) is 3.03.